The van der Waals surface area contributed by atoms with Crippen molar-refractivity contribution >= 4 is 35.1 Å². The molecule has 10 heteroatoms. The second kappa shape index (κ2) is 14.1. The van der Waals surface area contributed by atoms with Gasteiger partial charge in [-0.05, 0) is 74.2 Å². The molecule has 10 nitrogen and oxygen atoms in total. The van der Waals surface area contributed by atoms with Gasteiger partial charge in [0.25, 0.3) is 5.91 Å². The highest BCUT2D eigenvalue weighted by atomic mass is 16.2. The van der Waals surface area contributed by atoms with Gasteiger partial charge in [0.05, 0.1) is 6.04 Å². The third-order valence-electron chi connectivity index (χ3n) is 15.3. The lowest BCUT2D eigenvalue weighted by molar-refractivity contribution is -0.151. The van der Waals surface area contributed by atoms with Crippen LogP contribution in [0.4, 0.5) is 0 Å². The summed E-state index contributed by atoms with van der Waals surface area (Å²) in [5.74, 6) is -3.95. The zero-order valence-electron chi connectivity index (χ0n) is 34.9. The number of amides is 3. The van der Waals surface area contributed by atoms with Crippen molar-refractivity contribution in [2.75, 3.05) is 33.2 Å². The fourth-order valence-electron chi connectivity index (χ4n) is 11.4. The van der Waals surface area contributed by atoms with Gasteiger partial charge < -0.3 is 20.4 Å². The van der Waals surface area contributed by atoms with Crippen molar-refractivity contribution in [2.45, 2.75) is 151 Å². The molecule has 5 rings (SSSR count). The third-order valence-corrected chi connectivity index (χ3v) is 15.3. The number of primary amides is 1. The first-order chi connectivity index (χ1) is 24.3. The number of carbonyl (C=O) groups is 6. The summed E-state index contributed by atoms with van der Waals surface area (Å²) in [5.41, 5.74) is 3.85. The SMILES string of the molecule is CN1CCN(C(=O)[C@@H](CC(=O)C[C@H](C(=O)N2C[C@]3(C[C@H]2C(=O)CC(CC2CCC2)C(=O)C(N)=O)C(C)(C)C32CCC2)C(C)(C)C)C(C)(C)C)C(C)(C)C1. The summed E-state index contributed by atoms with van der Waals surface area (Å²) >= 11 is 0. The van der Waals surface area contributed by atoms with E-state index in [0.717, 1.165) is 51.6 Å². The Hall–Kier alpha value is -2.62. The molecule has 0 aromatic carbocycles. The largest absolute Gasteiger partial charge is 0.363 e. The number of hydrogen-bond acceptors (Lipinski definition) is 7. The van der Waals surface area contributed by atoms with Crippen LogP contribution in [0.15, 0.2) is 0 Å². The molecule has 0 radical (unpaired) electrons. The van der Waals surface area contributed by atoms with Crippen LogP contribution in [0.25, 0.3) is 0 Å². The van der Waals surface area contributed by atoms with Crippen molar-refractivity contribution < 1.29 is 28.8 Å². The number of fused-ring (bicyclic) bond motifs is 1. The number of carbonyl (C=O) groups excluding carboxylic acids is 6. The van der Waals surface area contributed by atoms with E-state index >= 15 is 4.79 Å². The second-order valence-corrected chi connectivity index (χ2v) is 21.3. The van der Waals surface area contributed by atoms with E-state index in [1.54, 1.807) is 4.90 Å². The molecular weight excluding hydrogens is 668 g/mol. The molecule has 298 valence electrons. The van der Waals surface area contributed by atoms with E-state index in [9.17, 15) is 24.0 Å². The normalized spacial score (nSPS) is 28.2. The number of likely N-dealkylation sites (tertiary alicyclic amines) is 1. The van der Waals surface area contributed by atoms with E-state index < -0.39 is 46.3 Å². The number of rotatable bonds is 13. The fourth-order valence-corrected chi connectivity index (χ4v) is 11.4. The standard InChI is InChI=1S/C43H70N4O6/c1-38(2,3)30(22-29(48)23-31(39(4,5)6)37(53)47-19-18-45(11)25-40(47,7)8)36(52)46-26-43(41(9,10)42(43)16-13-17-42)24-32(46)33(49)21-28(34(50)35(44)51)20-27-14-12-15-27/h27-28,30-32H,12-26H2,1-11H3,(H2,44,51)/t28?,30-,31-,32+,43-/m1/s1. The highest BCUT2D eigenvalue weighted by molar-refractivity contribution is 6.36. The van der Waals surface area contributed by atoms with Gasteiger partial charge in [0.15, 0.2) is 5.78 Å². The van der Waals surface area contributed by atoms with E-state index in [-0.39, 0.29) is 64.4 Å². The summed E-state index contributed by atoms with van der Waals surface area (Å²) in [7, 11) is 2.06. The Balaban J connectivity index is 1.40. The molecular formula is C43H70N4O6. The molecule has 2 N–H and O–H groups in total. The maximum atomic E-state index is 15.0. The average Bonchev–Trinajstić information content (AvgIpc) is 3.20. The fraction of sp³-hybridized carbons (Fsp3) is 0.860. The quantitative estimate of drug-likeness (QED) is 0.235. The number of hydrogen-bond donors (Lipinski definition) is 1. The van der Waals surface area contributed by atoms with Gasteiger partial charge in [-0.1, -0.05) is 81.1 Å². The van der Waals surface area contributed by atoms with E-state index in [0.29, 0.717) is 31.8 Å². The first-order valence-corrected chi connectivity index (χ1v) is 20.5. The zero-order valence-corrected chi connectivity index (χ0v) is 34.9. The Morgan fingerprint density at radius 1 is 0.755 bits per heavy atom. The smallest absolute Gasteiger partial charge is 0.285 e. The van der Waals surface area contributed by atoms with Crippen LogP contribution in [0, 0.1) is 50.7 Å². The summed E-state index contributed by atoms with van der Waals surface area (Å²) in [6.45, 7) is 23.2. The molecule has 1 unspecified atom stereocenters. The van der Waals surface area contributed by atoms with Crippen molar-refractivity contribution in [3.8, 4) is 0 Å². The van der Waals surface area contributed by atoms with Crippen LogP contribution in [0.1, 0.15) is 140 Å². The maximum absolute atomic E-state index is 15.0. The van der Waals surface area contributed by atoms with Crippen molar-refractivity contribution in [3.63, 3.8) is 0 Å². The van der Waals surface area contributed by atoms with Crippen LogP contribution >= 0.6 is 0 Å². The summed E-state index contributed by atoms with van der Waals surface area (Å²) in [6.07, 6.45) is 7.22. The number of likely N-dealkylation sites (N-methyl/N-ethyl adjacent to an activating group) is 1. The molecule has 5 fully saturated rings. The van der Waals surface area contributed by atoms with Crippen molar-refractivity contribution in [2.24, 2.45) is 56.5 Å². The van der Waals surface area contributed by atoms with Crippen molar-refractivity contribution in [3.05, 3.63) is 0 Å². The van der Waals surface area contributed by atoms with Crippen molar-refractivity contribution in [1.82, 2.24) is 14.7 Å². The number of piperazine rings is 1. The molecule has 2 spiro atoms. The van der Waals surface area contributed by atoms with Crippen LogP contribution in [0.5, 0.6) is 0 Å². The molecule has 0 bridgehead atoms. The van der Waals surface area contributed by atoms with Gasteiger partial charge in [0.1, 0.15) is 5.78 Å². The van der Waals surface area contributed by atoms with Crippen LogP contribution in [0.2, 0.25) is 0 Å². The molecule has 2 aliphatic heterocycles. The average molecular weight is 739 g/mol. The monoisotopic (exact) mass is 739 g/mol. The summed E-state index contributed by atoms with van der Waals surface area (Å²) < 4.78 is 0. The van der Waals surface area contributed by atoms with Crippen LogP contribution in [-0.4, -0.2) is 94.6 Å². The predicted octanol–water partition coefficient (Wildman–Crippen LogP) is 5.83. The van der Waals surface area contributed by atoms with E-state index in [1.807, 2.05) is 46.4 Å². The zero-order chi connectivity index (χ0) is 39.7. The molecule has 2 saturated heterocycles. The molecule has 3 aliphatic carbocycles. The Morgan fingerprint density at radius 2 is 1.32 bits per heavy atom. The Kier molecular flexibility index (Phi) is 11.1. The minimum Gasteiger partial charge on any atom is -0.363 e. The van der Waals surface area contributed by atoms with Gasteiger partial charge in [-0.15, -0.1) is 0 Å². The summed E-state index contributed by atoms with van der Waals surface area (Å²) in [5, 5.41) is 0. The van der Waals surface area contributed by atoms with E-state index in [4.69, 9.17) is 5.73 Å². The highest BCUT2D eigenvalue weighted by Crippen LogP contribution is 2.88. The molecule has 5 atom stereocenters. The number of ketones is 3. The highest BCUT2D eigenvalue weighted by Gasteiger charge is 2.85. The molecule has 3 amide bonds. The number of nitrogens with two attached hydrogens (primary N) is 1. The Morgan fingerprint density at radius 3 is 1.75 bits per heavy atom. The lowest BCUT2D eigenvalue weighted by atomic mass is 9.72. The second-order valence-electron chi connectivity index (χ2n) is 21.3. The lowest BCUT2D eigenvalue weighted by Gasteiger charge is -2.48. The Labute approximate surface area is 319 Å². The van der Waals surface area contributed by atoms with E-state index in [1.165, 1.54) is 0 Å². The summed E-state index contributed by atoms with van der Waals surface area (Å²) in [4.78, 5) is 89.0. The molecule has 3 saturated carbocycles. The number of Topliss-reactive ketones (excluding diaryl/α,β-unsaturated/α-hetero) is 3. The minimum absolute atomic E-state index is 0.0153. The molecule has 0 aromatic heterocycles. The predicted molar refractivity (Wildman–Crippen MR) is 205 cm³/mol. The van der Waals surface area contributed by atoms with Gasteiger partial charge in [-0.25, -0.2) is 0 Å². The topological polar surface area (TPSA) is 138 Å². The number of nitrogens with zero attached hydrogens (tertiary/aromatic N) is 3. The van der Waals surface area contributed by atoms with Gasteiger partial charge >= 0.3 is 0 Å². The summed E-state index contributed by atoms with van der Waals surface area (Å²) in [6, 6.07) is -0.727. The third kappa shape index (κ3) is 7.40. The lowest BCUT2D eigenvalue weighted by Crippen LogP contribution is -2.62. The van der Waals surface area contributed by atoms with Gasteiger partial charge in [0, 0.05) is 74.1 Å². The van der Waals surface area contributed by atoms with E-state index in [2.05, 4.69) is 39.6 Å². The Bertz CT molecular complexity index is 1490. The van der Waals surface area contributed by atoms with Gasteiger partial charge in [0.2, 0.25) is 17.6 Å². The molecule has 53 heavy (non-hydrogen) atoms. The minimum atomic E-state index is -1.01. The molecule has 0 aromatic rings. The first-order valence-electron chi connectivity index (χ1n) is 20.5. The molecule has 5 aliphatic rings. The van der Waals surface area contributed by atoms with Crippen molar-refractivity contribution in [1.29, 1.82) is 0 Å². The first kappa shape index (κ1) is 41.5. The maximum Gasteiger partial charge on any atom is 0.285 e. The van der Waals surface area contributed by atoms with Gasteiger partial charge in [-0.3, -0.25) is 28.8 Å². The van der Waals surface area contributed by atoms with Crippen LogP contribution < -0.4 is 5.73 Å². The van der Waals surface area contributed by atoms with Crippen LogP contribution in [-0.2, 0) is 28.8 Å². The van der Waals surface area contributed by atoms with Gasteiger partial charge in [-0.2, -0.15) is 0 Å². The van der Waals surface area contributed by atoms with Crippen LogP contribution in [0.3, 0.4) is 0 Å². The molecule has 2 heterocycles.